The molecule has 0 radical (unpaired) electrons. The van der Waals surface area contributed by atoms with E-state index in [0.717, 1.165) is 33.4 Å². The maximum atomic E-state index is 12.0. The van der Waals surface area contributed by atoms with Crippen LogP contribution in [0.3, 0.4) is 0 Å². The second-order valence-corrected chi connectivity index (χ2v) is 5.82. The standard InChI is InChI=1S/C20H17NO3/c1-13-6-9-19(23-13)17(22)10-11-21-14-7-8-16-15-4-2-3-5-18(15)24-20(16)12-14/h2-9,12,21H,10-11H2,1H3. The molecule has 2 aromatic carbocycles. The molecule has 1 N–H and O–H groups in total. The summed E-state index contributed by atoms with van der Waals surface area (Å²) in [6.07, 6.45) is 0.380. The van der Waals surface area contributed by atoms with Crippen LogP contribution in [0.25, 0.3) is 21.9 Å². The number of furan rings is 2. The molecule has 24 heavy (non-hydrogen) atoms. The highest BCUT2D eigenvalue weighted by Gasteiger charge is 2.10. The summed E-state index contributed by atoms with van der Waals surface area (Å²) in [6, 6.07) is 17.5. The largest absolute Gasteiger partial charge is 0.458 e. The summed E-state index contributed by atoms with van der Waals surface area (Å²) in [6.45, 7) is 2.38. The zero-order valence-electron chi connectivity index (χ0n) is 13.3. The Hall–Kier alpha value is -3.01. The molecule has 0 unspecified atom stereocenters. The number of para-hydroxylation sites is 1. The summed E-state index contributed by atoms with van der Waals surface area (Å²) in [5.74, 6) is 1.17. The first-order chi connectivity index (χ1) is 11.7. The average molecular weight is 319 g/mol. The molecule has 0 bridgehead atoms. The molecule has 0 aliphatic heterocycles. The molecule has 0 amide bonds. The van der Waals surface area contributed by atoms with E-state index in [4.69, 9.17) is 8.83 Å². The van der Waals surface area contributed by atoms with E-state index >= 15 is 0 Å². The molecular weight excluding hydrogens is 302 g/mol. The third-order valence-corrected chi connectivity index (χ3v) is 4.08. The van der Waals surface area contributed by atoms with Crippen molar-refractivity contribution in [3.8, 4) is 0 Å². The lowest BCUT2D eigenvalue weighted by molar-refractivity contribution is 0.0958. The fourth-order valence-corrected chi connectivity index (χ4v) is 2.86. The van der Waals surface area contributed by atoms with E-state index in [1.807, 2.05) is 43.3 Å². The van der Waals surface area contributed by atoms with Gasteiger partial charge >= 0.3 is 0 Å². The maximum absolute atomic E-state index is 12.0. The summed E-state index contributed by atoms with van der Waals surface area (Å²) < 4.78 is 11.2. The van der Waals surface area contributed by atoms with E-state index in [9.17, 15) is 4.79 Å². The molecule has 0 aliphatic carbocycles. The second-order valence-electron chi connectivity index (χ2n) is 5.82. The number of rotatable bonds is 5. The number of hydrogen-bond donors (Lipinski definition) is 1. The van der Waals surface area contributed by atoms with Crippen LogP contribution in [0.4, 0.5) is 5.69 Å². The molecule has 4 rings (SSSR count). The first-order valence-electron chi connectivity index (χ1n) is 7.95. The molecule has 0 aliphatic rings. The number of aryl methyl sites for hydroxylation is 1. The first-order valence-corrected chi connectivity index (χ1v) is 7.95. The van der Waals surface area contributed by atoms with Gasteiger partial charge in [-0.2, -0.15) is 0 Å². The van der Waals surface area contributed by atoms with Crippen LogP contribution in [0.15, 0.2) is 63.4 Å². The zero-order valence-corrected chi connectivity index (χ0v) is 13.3. The smallest absolute Gasteiger partial charge is 0.199 e. The van der Waals surface area contributed by atoms with E-state index < -0.39 is 0 Å². The summed E-state index contributed by atoms with van der Waals surface area (Å²) in [5.41, 5.74) is 2.66. The van der Waals surface area contributed by atoms with Crippen LogP contribution in [0.1, 0.15) is 22.7 Å². The van der Waals surface area contributed by atoms with Crippen LogP contribution in [-0.4, -0.2) is 12.3 Å². The van der Waals surface area contributed by atoms with Crippen molar-refractivity contribution in [2.24, 2.45) is 0 Å². The van der Waals surface area contributed by atoms with Crippen molar-refractivity contribution >= 4 is 33.4 Å². The molecule has 120 valence electrons. The summed E-state index contributed by atoms with van der Waals surface area (Å²) in [5, 5.41) is 5.48. The van der Waals surface area contributed by atoms with Crippen LogP contribution >= 0.6 is 0 Å². The van der Waals surface area contributed by atoms with E-state index in [1.54, 1.807) is 12.1 Å². The lowest BCUT2D eigenvalue weighted by Crippen LogP contribution is -2.08. The predicted octanol–water partition coefficient (Wildman–Crippen LogP) is 5.17. The SMILES string of the molecule is Cc1ccc(C(=O)CCNc2ccc3c(c2)oc2ccccc23)o1. The minimum atomic E-state index is 0.000384. The van der Waals surface area contributed by atoms with Gasteiger partial charge in [-0.05, 0) is 37.3 Å². The van der Waals surface area contributed by atoms with Gasteiger partial charge in [0.05, 0.1) is 0 Å². The van der Waals surface area contributed by atoms with E-state index in [2.05, 4.69) is 11.4 Å². The third kappa shape index (κ3) is 2.67. The van der Waals surface area contributed by atoms with Gasteiger partial charge < -0.3 is 14.2 Å². The Kier molecular flexibility index (Phi) is 3.58. The maximum Gasteiger partial charge on any atom is 0.199 e. The average Bonchev–Trinajstić information content (AvgIpc) is 3.17. The molecule has 4 nitrogen and oxygen atoms in total. The number of fused-ring (bicyclic) bond motifs is 3. The van der Waals surface area contributed by atoms with E-state index in [1.165, 1.54) is 0 Å². The molecular formula is C20H17NO3. The van der Waals surface area contributed by atoms with Gasteiger partial charge in [-0.1, -0.05) is 18.2 Å². The molecule has 4 aromatic rings. The highest BCUT2D eigenvalue weighted by molar-refractivity contribution is 6.05. The van der Waals surface area contributed by atoms with Crippen LogP contribution in [0.5, 0.6) is 0 Å². The summed E-state index contributed by atoms with van der Waals surface area (Å²) >= 11 is 0. The molecule has 4 heteroatoms. The summed E-state index contributed by atoms with van der Waals surface area (Å²) in [7, 11) is 0. The summed E-state index contributed by atoms with van der Waals surface area (Å²) in [4.78, 5) is 12.0. The van der Waals surface area contributed by atoms with Gasteiger partial charge in [-0.25, -0.2) is 0 Å². The normalized spacial score (nSPS) is 11.2. The number of carbonyl (C=O) groups is 1. The lowest BCUT2D eigenvalue weighted by atomic mass is 10.1. The molecule has 2 aromatic heterocycles. The Morgan fingerprint density at radius 3 is 2.62 bits per heavy atom. The van der Waals surface area contributed by atoms with Crippen LogP contribution in [0, 0.1) is 6.92 Å². The van der Waals surface area contributed by atoms with Crippen molar-refractivity contribution < 1.29 is 13.6 Å². The minimum absolute atomic E-state index is 0.000384. The Morgan fingerprint density at radius 2 is 1.79 bits per heavy atom. The van der Waals surface area contributed by atoms with Crippen molar-refractivity contribution in [1.29, 1.82) is 0 Å². The topological polar surface area (TPSA) is 55.4 Å². The van der Waals surface area contributed by atoms with Crippen LogP contribution < -0.4 is 5.32 Å². The van der Waals surface area contributed by atoms with Crippen molar-refractivity contribution in [3.05, 3.63) is 66.1 Å². The molecule has 0 spiro atoms. The number of Topliss-reactive ketones (excluding diaryl/α,β-unsaturated/α-hetero) is 1. The minimum Gasteiger partial charge on any atom is -0.458 e. The van der Waals surface area contributed by atoms with Gasteiger partial charge in [0.25, 0.3) is 0 Å². The van der Waals surface area contributed by atoms with Gasteiger partial charge in [0, 0.05) is 35.5 Å². The Balaban J connectivity index is 1.46. The second kappa shape index (κ2) is 5.89. The zero-order chi connectivity index (χ0) is 16.5. The van der Waals surface area contributed by atoms with Crippen LogP contribution in [0.2, 0.25) is 0 Å². The lowest BCUT2D eigenvalue weighted by Gasteiger charge is -2.05. The van der Waals surface area contributed by atoms with Gasteiger partial charge in [-0.3, -0.25) is 4.79 Å². The number of ketones is 1. The number of anilines is 1. The number of benzene rings is 2. The first kappa shape index (κ1) is 14.6. The Bertz CT molecular complexity index is 1030. The van der Waals surface area contributed by atoms with Gasteiger partial charge in [0.1, 0.15) is 16.9 Å². The third-order valence-electron chi connectivity index (χ3n) is 4.08. The van der Waals surface area contributed by atoms with E-state index in [-0.39, 0.29) is 5.78 Å². The highest BCUT2D eigenvalue weighted by atomic mass is 16.3. The highest BCUT2D eigenvalue weighted by Crippen LogP contribution is 2.30. The van der Waals surface area contributed by atoms with Crippen molar-refractivity contribution in [3.63, 3.8) is 0 Å². The van der Waals surface area contributed by atoms with Crippen molar-refractivity contribution in [2.45, 2.75) is 13.3 Å². The van der Waals surface area contributed by atoms with E-state index in [0.29, 0.717) is 18.7 Å². The van der Waals surface area contributed by atoms with Gasteiger partial charge in [0.2, 0.25) is 0 Å². The molecule has 2 heterocycles. The predicted molar refractivity (Wildman–Crippen MR) is 94.6 cm³/mol. The Morgan fingerprint density at radius 1 is 0.958 bits per heavy atom. The van der Waals surface area contributed by atoms with Gasteiger partial charge in [-0.15, -0.1) is 0 Å². The fraction of sp³-hybridized carbons (Fsp3) is 0.150. The van der Waals surface area contributed by atoms with Crippen molar-refractivity contribution in [2.75, 3.05) is 11.9 Å². The number of hydrogen-bond acceptors (Lipinski definition) is 4. The molecule has 0 saturated carbocycles. The molecule has 0 saturated heterocycles. The number of carbonyl (C=O) groups excluding carboxylic acids is 1. The quantitative estimate of drug-likeness (QED) is 0.515. The van der Waals surface area contributed by atoms with Crippen LogP contribution in [-0.2, 0) is 0 Å². The Labute approximate surface area is 139 Å². The molecule has 0 fully saturated rings. The monoisotopic (exact) mass is 319 g/mol. The number of nitrogens with one attached hydrogen (secondary N) is 1. The molecule has 0 atom stereocenters. The van der Waals surface area contributed by atoms with Crippen molar-refractivity contribution in [1.82, 2.24) is 0 Å². The fourth-order valence-electron chi connectivity index (χ4n) is 2.86. The van der Waals surface area contributed by atoms with Gasteiger partial charge in [0.15, 0.2) is 11.5 Å².